The van der Waals surface area contributed by atoms with Crippen molar-refractivity contribution in [3.63, 3.8) is 0 Å². The Labute approximate surface area is 133 Å². The van der Waals surface area contributed by atoms with Gasteiger partial charge in [-0.25, -0.2) is 4.39 Å². The molecule has 0 atom stereocenters. The van der Waals surface area contributed by atoms with Crippen LogP contribution in [0.5, 0.6) is 0 Å². The van der Waals surface area contributed by atoms with E-state index >= 15 is 0 Å². The third-order valence-electron chi connectivity index (χ3n) is 4.20. The molecule has 2 heterocycles. The first-order valence-electron chi connectivity index (χ1n) is 7.70. The first-order valence-corrected chi connectivity index (χ1v) is 7.70. The van der Waals surface area contributed by atoms with Crippen LogP contribution in [0.25, 0.3) is 0 Å². The summed E-state index contributed by atoms with van der Waals surface area (Å²) in [5.41, 5.74) is 1.68. The van der Waals surface area contributed by atoms with E-state index in [1.165, 1.54) is 0 Å². The molecule has 2 aliphatic heterocycles. The number of imide groups is 1. The molecule has 1 aromatic carbocycles. The number of rotatable bonds is 4. The number of anilines is 1. The van der Waals surface area contributed by atoms with Gasteiger partial charge in [-0.15, -0.1) is 0 Å². The van der Waals surface area contributed by atoms with Crippen molar-refractivity contribution >= 4 is 23.4 Å². The van der Waals surface area contributed by atoms with Crippen molar-refractivity contribution < 1.29 is 18.8 Å². The van der Waals surface area contributed by atoms with E-state index in [-0.39, 0.29) is 43.3 Å². The predicted molar refractivity (Wildman–Crippen MR) is 81.0 cm³/mol. The molecule has 0 spiro atoms. The van der Waals surface area contributed by atoms with Gasteiger partial charge in [0, 0.05) is 32.4 Å². The molecule has 1 saturated heterocycles. The predicted octanol–water partition coefficient (Wildman–Crippen LogP) is 0.949. The summed E-state index contributed by atoms with van der Waals surface area (Å²) in [6.45, 7) is 1.38. The molecule has 0 saturated carbocycles. The Kier molecular flexibility index (Phi) is 4.38. The number of benzene rings is 1. The SMILES string of the molecule is O=C(CCN1C(=O)CCC1=O)Nc1ccc2c(c1F)CCNC2. The monoisotopic (exact) mass is 319 g/mol. The third kappa shape index (κ3) is 3.24. The van der Waals surface area contributed by atoms with Crippen molar-refractivity contribution in [3.8, 4) is 0 Å². The van der Waals surface area contributed by atoms with E-state index in [0.717, 1.165) is 10.5 Å². The maximum absolute atomic E-state index is 14.4. The Hall–Kier alpha value is -2.28. The lowest BCUT2D eigenvalue weighted by atomic mass is 9.99. The summed E-state index contributed by atoms with van der Waals surface area (Å²) in [7, 11) is 0. The highest BCUT2D eigenvalue weighted by Crippen LogP contribution is 2.24. The number of nitrogens with one attached hydrogen (secondary N) is 2. The average Bonchev–Trinajstić information content (AvgIpc) is 2.87. The summed E-state index contributed by atoms with van der Waals surface area (Å²) in [4.78, 5) is 36.0. The molecule has 2 N–H and O–H groups in total. The summed E-state index contributed by atoms with van der Waals surface area (Å²) >= 11 is 0. The van der Waals surface area contributed by atoms with Crippen molar-refractivity contribution in [2.75, 3.05) is 18.4 Å². The van der Waals surface area contributed by atoms with Crippen molar-refractivity contribution in [1.29, 1.82) is 0 Å². The van der Waals surface area contributed by atoms with Gasteiger partial charge in [0.05, 0.1) is 5.69 Å². The van der Waals surface area contributed by atoms with E-state index in [2.05, 4.69) is 10.6 Å². The number of fused-ring (bicyclic) bond motifs is 1. The van der Waals surface area contributed by atoms with Gasteiger partial charge in [0.25, 0.3) is 0 Å². The third-order valence-corrected chi connectivity index (χ3v) is 4.20. The van der Waals surface area contributed by atoms with Gasteiger partial charge < -0.3 is 10.6 Å². The van der Waals surface area contributed by atoms with Gasteiger partial charge in [-0.2, -0.15) is 0 Å². The topological polar surface area (TPSA) is 78.5 Å². The molecule has 3 rings (SSSR count). The molecule has 122 valence electrons. The molecular formula is C16H18FN3O3. The number of halogens is 1. The minimum absolute atomic E-state index is 0.0322. The molecule has 2 aliphatic rings. The van der Waals surface area contributed by atoms with Crippen LogP contribution in [0.2, 0.25) is 0 Å². The van der Waals surface area contributed by atoms with Gasteiger partial charge in [0.15, 0.2) is 0 Å². The molecule has 0 radical (unpaired) electrons. The lowest BCUT2D eigenvalue weighted by molar-refractivity contribution is -0.138. The minimum atomic E-state index is -0.412. The van der Waals surface area contributed by atoms with Crippen molar-refractivity contribution in [2.24, 2.45) is 0 Å². The van der Waals surface area contributed by atoms with E-state index in [0.29, 0.717) is 25.1 Å². The Bertz CT molecular complexity index is 659. The van der Waals surface area contributed by atoms with Gasteiger partial charge in [-0.3, -0.25) is 19.3 Å². The maximum Gasteiger partial charge on any atom is 0.229 e. The van der Waals surface area contributed by atoms with Crippen LogP contribution in [-0.4, -0.2) is 35.7 Å². The van der Waals surface area contributed by atoms with Gasteiger partial charge in [0.2, 0.25) is 17.7 Å². The van der Waals surface area contributed by atoms with E-state index in [4.69, 9.17) is 0 Å². The number of amides is 3. The van der Waals surface area contributed by atoms with Crippen molar-refractivity contribution in [1.82, 2.24) is 10.2 Å². The standard InChI is InChI=1S/C16H18FN3O3/c17-16-11-5-7-18-9-10(11)1-2-12(16)19-13(21)6-8-20-14(22)3-4-15(20)23/h1-2,18H,3-9H2,(H,19,21). The fraction of sp³-hybridized carbons (Fsp3) is 0.438. The van der Waals surface area contributed by atoms with Gasteiger partial charge in [-0.05, 0) is 30.2 Å². The summed E-state index contributed by atoms with van der Waals surface area (Å²) in [6.07, 6.45) is 0.957. The fourth-order valence-corrected chi connectivity index (χ4v) is 2.93. The molecule has 23 heavy (non-hydrogen) atoms. The van der Waals surface area contributed by atoms with Crippen LogP contribution in [0.15, 0.2) is 12.1 Å². The smallest absolute Gasteiger partial charge is 0.229 e. The summed E-state index contributed by atoms with van der Waals surface area (Å²) in [6, 6.07) is 3.35. The van der Waals surface area contributed by atoms with Crippen LogP contribution in [0.4, 0.5) is 10.1 Å². The van der Waals surface area contributed by atoms with Crippen LogP contribution < -0.4 is 10.6 Å². The van der Waals surface area contributed by atoms with Crippen LogP contribution in [0, 0.1) is 5.82 Å². The number of hydrogen-bond acceptors (Lipinski definition) is 4. The molecule has 1 aromatic rings. The Morgan fingerprint density at radius 3 is 2.70 bits per heavy atom. The number of nitrogens with zero attached hydrogens (tertiary/aromatic N) is 1. The first-order chi connectivity index (χ1) is 11.1. The first kappa shape index (κ1) is 15.6. The Morgan fingerprint density at radius 1 is 1.22 bits per heavy atom. The van der Waals surface area contributed by atoms with Crippen LogP contribution in [-0.2, 0) is 27.3 Å². The molecule has 0 aliphatic carbocycles. The lowest BCUT2D eigenvalue weighted by Gasteiger charge is -2.19. The van der Waals surface area contributed by atoms with Gasteiger partial charge >= 0.3 is 0 Å². The Morgan fingerprint density at radius 2 is 1.96 bits per heavy atom. The summed E-state index contributed by atoms with van der Waals surface area (Å²) < 4.78 is 14.4. The van der Waals surface area contributed by atoms with E-state index in [9.17, 15) is 18.8 Å². The number of hydrogen-bond donors (Lipinski definition) is 2. The van der Waals surface area contributed by atoms with Gasteiger partial charge in [-0.1, -0.05) is 6.07 Å². The normalized spacial score (nSPS) is 17.3. The molecule has 7 heteroatoms. The molecule has 1 fully saturated rings. The quantitative estimate of drug-likeness (QED) is 0.810. The molecule has 0 aromatic heterocycles. The summed E-state index contributed by atoms with van der Waals surface area (Å²) in [5, 5.41) is 5.70. The highest BCUT2D eigenvalue weighted by atomic mass is 19.1. The number of carbonyl (C=O) groups excluding carboxylic acids is 3. The van der Waals surface area contributed by atoms with Crippen molar-refractivity contribution in [3.05, 3.63) is 29.1 Å². The van der Waals surface area contributed by atoms with Gasteiger partial charge in [0.1, 0.15) is 5.82 Å². The minimum Gasteiger partial charge on any atom is -0.324 e. The molecule has 0 unspecified atom stereocenters. The molecule has 0 bridgehead atoms. The Balaban J connectivity index is 1.62. The van der Waals surface area contributed by atoms with E-state index in [1.54, 1.807) is 12.1 Å². The second-order valence-electron chi connectivity index (χ2n) is 5.73. The van der Waals surface area contributed by atoms with Crippen LogP contribution in [0.1, 0.15) is 30.4 Å². The highest BCUT2D eigenvalue weighted by Gasteiger charge is 2.29. The summed E-state index contributed by atoms with van der Waals surface area (Å²) in [5.74, 6) is -1.32. The molecule has 3 amide bonds. The zero-order valence-electron chi connectivity index (χ0n) is 12.7. The fourth-order valence-electron chi connectivity index (χ4n) is 2.93. The highest BCUT2D eigenvalue weighted by molar-refractivity contribution is 6.02. The number of carbonyl (C=O) groups is 3. The zero-order chi connectivity index (χ0) is 16.4. The number of likely N-dealkylation sites (tertiary alicyclic amines) is 1. The average molecular weight is 319 g/mol. The second-order valence-corrected chi connectivity index (χ2v) is 5.73. The second kappa shape index (κ2) is 6.45. The van der Waals surface area contributed by atoms with Crippen LogP contribution >= 0.6 is 0 Å². The maximum atomic E-state index is 14.4. The molecule has 6 nitrogen and oxygen atoms in total. The zero-order valence-corrected chi connectivity index (χ0v) is 12.7. The van der Waals surface area contributed by atoms with E-state index < -0.39 is 11.7 Å². The van der Waals surface area contributed by atoms with Crippen LogP contribution in [0.3, 0.4) is 0 Å². The molecular weight excluding hydrogens is 301 g/mol. The van der Waals surface area contributed by atoms with Crippen molar-refractivity contribution in [2.45, 2.75) is 32.2 Å². The lowest BCUT2D eigenvalue weighted by Crippen LogP contribution is -2.32. The largest absolute Gasteiger partial charge is 0.324 e. The van der Waals surface area contributed by atoms with E-state index in [1.807, 2.05) is 0 Å².